The van der Waals surface area contributed by atoms with Crippen molar-refractivity contribution in [3.8, 4) is 11.5 Å². The van der Waals surface area contributed by atoms with E-state index in [1.807, 2.05) is 18.4 Å². The fourth-order valence-corrected chi connectivity index (χ4v) is 2.09. The highest BCUT2D eigenvalue weighted by Crippen LogP contribution is 2.19. The molecule has 2 aromatic heterocycles. The highest BCUT2D eigenvalue weighted by atomic mass is 79.9. The van der Waals surface area contributed by atoms with Gasteiger partial charge in [0.1, 0.15) is 5.69 Å². The minimum absolute atomic E-state index is 0.214. The average molecular weight is 329 g/mol. The van der Waals surface area contributed by atoms with Gasteiger partial charge in [0.05, 0.1) is 6.04 Å². The quantitative estimate of drug-likeness (QED) is 0.909. The number of nitrogens with two attached hydrogens (primary N) is 1. The molecule has 0 aliphatic rings. The number of hydrogen-bond donors (Lipinski definition) is 1. The molecule has 7 heteroatoms. The monoisotopic (exact) mass is 328 g/mol. The third kappa shape index (κ3) is 3.30. The highest BCUT2D eigenvalue weighted by molar-refractivity contribution is 9.10. The van der Waals surface area contributed by atoms with Crippen molar-refractivity contribution in [1.82, 2.24) is 15.1 Å². The number of thioether (sulfide) groups is 1. The van der Waals surface area contributed by atoms with Gasteiger partial charge in [0.2, 0.25) is 11.7 Å². The van der Waals surface area contributed by atoms with Crippen molar-refractivity contribution in [2.75, 3.05) is 12.0 Å². The van der Waals surface area contributed by atoms with Crippen LogP contribution in [0.2, 0.25) is 0 Å². The van der Waals surface area contributed by atoms with E-state index >= 15 is 0 Å². The van der Waals surface area contributed by atoms with E-state index in [2.05, 4.69) is 31.1 Å². The lowest BCUT2D eigenvalue weighted by Crippen LogP contribution is -2.11. The molecule has 0 unspecified atom stereocenters. The molecule has 0 aromatic carbocycles. The Morgan fingerprint density at radius 2 is 2.33 bits per heavy atom. The van der Waals surface area contributed by atoms with Crippen molar-refractivity contribution in [1.29, 1.82) is 0 Å². The molecule has 0 aliphatic heterocycles. The standard InChI is InChI=1S/C11H13BrN4OS/c1-18-5-4-8(13)11-15-10(16-17-11)9-3-2-7(12)6-14-9/h2-3,6,8H,4-5,13H2,1H3/t8-/m1/s1. The van der Waals surface area contributed by atoms with Gasteiger partial charge in [-0.2, -0.15) is 16.7 Å². The van der Waals surface area contributed by atoms with Gasteiger partial charge in [0.15, 0.2) is 0 Å². The van der Waals surface area contributed by atoms with Crippen LogP contribution < -0.4 is 5.73 Å². The van der Waals surface area contributed by atoms with E-state index in [4.69, 9.17) is 10.3 Å². The number of nitrogens with zero attached hydrogens (tertiary/aromatic N) is 3. The molecule has 0 saturated heterocycles. The van der Waals surface area contributed by atoms with Crippen LogP contribution in [0.5, 0.6) is 0 Å². The lowest BCUT2D eigenvalue weighted by Gasteiger charge is -2.03. The van der Waals surface area contributed by atoms with Gasteiger partial charge in [0, 0.05) is 10.7 Å². The van der Waals surface area contributed by atoms with Crippen LogP contribution in [0, 0.1) is 0 Å². The summed E-state index contributed by atoms with van der Waals surface area (Å²) in [5, 5.41) is 3.89. The fourth-order valence-electron chi connectivity index (χ4n) is 1.37. The first-order valence-corrected chi connectivity index (χ1v) is 7.59. The van der Waals surface area contributed by atoms with Gasteiger partial charge in [-0.25, -0.2) is 0 Å². The Hall–Kier alpha value is -0.920. The summed E-state index contributed by atoms with van der Waals surface area (Å²) in [4.78, 5) is 8.48. The van der Waals surface area contributed by atoms with Gasteiger partial charge in [-0.1, -0.05) is 5.16 Å². The smallest absolute Gasteiger partial charge is 0.243 e. The molecule has 0 amide bonds. The predicted molar refractivity (Wildman–Crippen MR) is 75.2 cm³/mol. The van der Waals surface area contributed by atoms with Crippen molar-refractivity contribution in [2.45, 2.75) is 12.5 Å². The van der Waals surface area contributed by atoms with Crippen LogP contribution in [0.4, 0.5) is 0 Å². The van der Waals surface area contributed by atoms with Crippen molar-refractivity contribution in [2.24, 2.45) is 5.73 Å². The maximum Gasteiger partial charge on any atom is 0.243 e. The third-order valence-electron chi connectivity index (χ3n) is 2.35. The minimum Gasteiger partial charge on any atom is -0.337 e. The zero-order chi connectivity index (χ0) is 13.0. The molecule has 0 bridgehead atoms. The predicted octanol–water partition coefficient (Wildman–Crippen LogP) is 2.65. The summed E-state index contributed by atoms with van der Waals surface area (Å²) >= 11 is 5.07. The lowest BCUT2D eigenvalue weighted by molar-refractivity contribution is 0.353. The maximum absolute atomic E-state index is 5.96. The van der Waals surface area contributed by atoms with Gasteiger partial charge in [0.25, 0.3) is 0 Å². The third-order valence-corrected chi connectivity index (χ3v) is 3.46. The molecule has 2 heterocycles. The second kappa shape index (κ2) is 6.31. The Balaban J connectivity index is 2.12. The molecule has 96 valence electrons. The van der Waals surface area contributed by atoms with Gasteiger partial charge >= 0.3 is 0 Å². The molecule has 2 rings (SSSR count). The molecule has 18 heavy (non-hydrogen) atoms. The Bertz CT molecular complexity index is 502. The number of halogens is 1. The summed E-state index contributed by atoms with van der Waals surface area (Å²) in [5.41, 5.74) is 6.63. The Labute approximate surface area is 118 Å². The molecular formula is C11H13BrN4OS. The van der Waals surface area contributed by atoms with E-state index in [0.29, 0.717) is 17.4 Å². The molecule has 2 aromatic rings. The molecule has 0 aliphatic carbocycles. The molecule has 0 radical (unpaired) electrons. The van der Waals surface area contributed by atoms with Crippen LogP contribution in [0.3, 0.4) is 0 Å². The summed E-state index contributed by atoms with van der Waals surface area (Å²) in [5.74, 6) is 1.90. The Morgan fingerprint density at radius 3 is 3.00 bits per heavy atom. The molecule has 1 atom stereocenters. The number of rotatable bonds is 5. The normalized spacial score (nSPS) is 12.6. The first-order valence-electron chi connectivity index (χ1n) is 5.40. The maximum atomic E-state index is 5.96. The van der Waals surface area contributed by atoms with Crippen LogP contribution in [0.1, 0.15) is 18.4 Å². The van der Waals surface area contributed by atoms with E-state index in [-0.39, 0.29) is 6.04 Å². The Morgan fingerprint density at radius 1 is 1.50 bits per heavy atom. The summed E-state index contributed by atoms with van der Waals surface area (Å²) in [7, 11) is 0. The fraction of sp³-hybridized carbons (Fsp3) is 0.364. The Kier molecular flexibility index (Phi) is 4.73. The van der Waals surface area contributed by atoms with Crippen molar-refractivity contribution in [3.05, 3.63) is 28.7 Å². The van der Waals surface area contributed by atoms with Gasteiger partial charge < -0.3 is 10.3 Å². The number of hydrogen-bond acceptors (Lipinski definition) is 6. The van der Waals surface area contributed by atoms with Crippen LogP contribution in [-0.2, 0) is 0 Å². The van der Waals surface area contributed by atoms with Crippen LogP contribution in [-0.4, -0.2) is 27.1 Å². The highest BCUT2D eigenvalue weighted by Gasteiger charge is 2.15. The average Bonchev–Trinajstić information content (AvgIpc) is 2.86. The van der Waals surface area contributed by atoms with E-state index in [1.165, 1.54) is 0 Å². The largest absolute Gasteiger partial charge is 0.337 e. The van der Waals surface area contributed by atoms with Crippen LogP contribution in [0.15, 0.2) is 27.3 Å². The summed E-state index contributed by atoms with van der Waals surface area (Å²) < 4.78 is 6.07. The van der Waals surface area contributed by atoms with Gasteiger partial charge in [-0.3, -0.25) is 4.98 Å². The first kappa shape index (κ1) is 13.5. The topological polar surface area (TPSA) is 77.8 Å². The van der Waals surface area contributed by atoms with E-state index in [1.54, 1.807) is 18.0 Å². The zero-order valence-corrected chi connectivity index (χ0v) is 12.2. The van der Waals surface area contributed by atoms with E-state index < -0.39 is 0 Å². The second-order valence-electron chi connectivity index (χ2n) is 3.71. The minimum atomic E-state index is -0.214. The van der Waals surface area contributed by atoms with Crippen LogP contribution in [0.25, 0.3) is 11.5 Å². The summed E-state index contributed by atoms with van der Waals surface area (Å²) in [6.07, 6.45) is 4.55. The molecular weight excluding hydrogens is 316 g/mol. The number of pyridine rings is 1. The second-order valence-corrected chi connectivity index (χ2v) is 5.61. The first-order chi connectivity index (χ1) is 8.70. The molecule has 0 fully saturated rings. The lowest BCUT2D eigenvalue weighted by atomic mass is 10.2. The van der Waals surface area contributed by atoms with E-state index in [0.717, 1.165) is 16.6 Å². The van der Waals surface area contributed by atoms with Gasteiger partial charge in [-0.15, -0.1) is 0 Å². The molecule has 0 spiro atoms. The summed E-state index contributed by atoms with van der Waals surface area (Å²) in [6.45, 7) is 0. The zero-order valence-electron chi connectivity index (χ0n) is 9.84. The van der Waals surface area contributed by atoms with Crippen molar-refractivity contribution < 1.29 is 4.52 Å². The molecule has 5 nitrogen and oxygen atoms in total. The number of aromatic nitrogens is 3. The summed E-state index contributed by atoms with van der Waals surface area (Å²) in [6, 6.07) is 3.49. The van der Waals surface area contributed by atoms with Crippen LogP contribution >= 0.6 is 27.7 Å². The molecule has 0 saturated carbocycles. The van der Waals surface area contributed by atoms with Crippen molar-refractivity contribution >= 4 is 27.7 Å². The van der Waals surface area contributed by atoms with E-state index in [9.17, 15) is 0 Å². The SMILES string of the molecule is CSCC[C@@H](N)c1nc(-c2ccc(Br)cn2)no1. The van der Waals surface area contributed by atoms with Gasteiger partial charge in [-0.05, 0) is 46.5 Å². The van der Waals surface area contributed by atoms with Crippen molar-refractivity contribution in [3.63, 3.8) is 0 Å². The molecule has 2 N–H and O–H groups in total.